The van der Waals surface area contributed by atoms with Crippen LogP contribution in [0.4, 0.5) is 8.78 Å². The minimum Gasteiger partial charge on any atom is -0.391 e. The van der Waals surface area contributed by atoms with Gasteiger partial charge in [0.2, 0.25) is 10.0 Å². The Labute approximate surface area is 125 Å². The quantitative estimate of drug-likeness (QED) is 0.882. The first-order chi connectivity index (χ1) is 9.86. The summed E-state index contributed by atoms with van der Waals surface area (Å²) in [5.74, 6) is -2.25. The van der Waals surface area contributed by atoms with Gasteiger partial charge in [0.1, 0.15) is 10.7 Å². The Morgan fingerprint density at radius 1 is 1.29 bits per heavy atom. The summed E-state index contributed by atoms with van der Waals surface area (Å²) in [4.78, 5) is 0.130. The molecule has 114 valence electrons. The number of sulfonamides is 1. The molecule has 0 atom stereocenters. The second kappa shape index (κ2) is 6.18. The summed E-state index contributed by atoms with van der Waals surface area (Å²) in [5.41, 5.74) is 0.267. The molecule has 2 aromatic rings. The van der Waals surface area contributed by atoms with Gasteiger partial charge in [-0.15, -0.1) is 11.3 Å². The zero-order valence-corrected chi connectivity index (χ0v) is 12.7. The lowest BCUT2D eigenvalue weighted by Crippen LogP contribution is -2.24. The molecule has 0 unspecified atom stereocenters. The van der Waals surface area contributed by atoms with E-state index in [0.717, 1.165) is 22.6 Å². The van der Waals surface area contributed by atoms with Crippen LogP contribution >= 0.6 is 11.3 Å². The van der Waals surface area contributed by atoms with Crippen LogP contribution in [0.1, 0.15) is 16.0 Å². The van der Waals surface area contributed by atoms with Crippen molar-refractivity contribution in [3.05, 3.63) is 51.2 Å². The standard InChI is InChI=1S/C13H13F2NO3S2/c1-8-4-5-20-11(8)6-16-21(18,19)12-3-2-10(14)9(7-17)13(12)15/h2-5,16-17H,6-7H2,1H3. The SMILES string of the molecule is Cc1ccsc1CNS(=O)(=O)c1ccc(F)c(CO)c1F. The van der Waals surface area contributed by atoms with Crippen LogP contribution in [0, 0.1) is 18.6 Å². The largest absolute Gasteiger partial charge is 0.391 e. The molecule has 1 aromatic carbocycles. The van der Waals surface area contributed by atoms with E-state index in [4.69, 9.17) is 5.11 Å². The molecule has 0 aliphatic heterocycles. The molecule has 0 fully saturated rings. The van der Waals surface area contributed by atoms with Crippen molar-refractivity contribution in [1.29, 1.82) is 0 Å². The summed E-state index contributed by atoms with van der Waals surface area (Å²) in [5, 5.41) is 10.7. The molecule has 0 aliphatic rings. The third kappa shape index (κ3) is 3.29. The Hall–Kier alpha value is -1.35. The topological polar surface area (TPSA) is 66.4 Å². The Balaban J connectivity index is 2.30. The van der Waals surface area contributed by atoms with Crippen LogP contribution in [-0.4, -0.2) is 13.5 Å². The maximum atomic E-state index is 14.0. The van der Waals surface area contributed by atoms with Crippen LogP contribution in [-0.2, 0) is 23.2 Å². The van der Waals surface area contributed by atoms with Crippen molar-refractivity contribution in [2.45, 2.75) is 25.0 Å². The fourth-order valence-electron chi connectivity index (χ4n) is 1.75. The lowest BCUT2D eigenvalue weighted by molar-refractivity contribution is 0.267. The molecule has 4 nitrogen and oxygen atoms in total. The highest BCUT2D eigenvalue weighted by atomic mass is 32.2. The first-order valence-electron chi connectivity index (χ1n) is 5.97. The third-order valence-electron chi connectivity index (χ3n) is 2.99. The molecule has 0 saturated heterocycles. The van der Waals surface area contributed by atoms with Crippen LogP contribution in [0.2, 0.25) is 0 Å². The number of benzene rings is 1. The first-order valence-corrected chi connectivity index (χ1v) is 8.33. The lowest BCUT2D eigenvalue weighted by Gasteiger charge is -2.10. The van der Waals surface area contributed by atoms with Crippen LogP contribution in [0.5, 0.6) is 0 Å². The molecule has 0 radical (unpaired) electrons. The van der Waals surface area contributed by atoms with Crippen molar-refractivity contribution in [2.24, 2.45) is 0 Å². The maximum Gasteiger partial charge on any atom is 0.243 e. The Morgan fingerprint density at radius 2 is 2.00 bits per heavy atom. The van der Waals surface area contributed by atoms with E-state index in [1.807, 2.05) is 18.4 Å². The predicted octanol–water partition coefficient (Wildman–Crippen LogP) is 2.31. The number of hydrogen-bond acceptors (Lipinski definition) is 4. The van der Waals surface area contributed by atoms with Gasteiger partial charge in [0.15, 0.2) is 5.82 Å². The van der Waals surface area contributed by atoms with E-state index >= 15 is 0 Å². The summed E-state index contributed by atoms with van der Waals surface area (Å²) in [6.45, 7) is 0.949. The van der Waals surface area contributed by atoms with Crippen molar-refractivity contribution in [2.75, 3.05) is 0 Å². The van der Waals surface area contributed by atoms with E-state index in [2.05, 4.69) is 4.72 Å². The van der Waals surface area contributed by atoms with Crippen molar-refractivity contribution in [1.82, 2.24) is 4.72 Å². The van der Waals surface area contributed by atoms with Gasteiger partial charge in [-0.1, -0.05) is 0 Å². The number of rotatable bonds is 5. The number of aryl methyl sites for hydroxylation is 1. The highest BCUT2D eigenvalue weighted by Gasteiger charge is 2.23. The molecule has 0 bridgehead atoms. The fourth-order valence-corrected chi connectivity index (χ4v) is 3.79. The van der Waals surface area contributed by atoms with Gasteiger partial charge in [-0.25, -0.2) is 21.9 Å². The van der Waals surface area contributed by atoms with Crippen molar-refractivity contribution in [3.8, 4) is 0 Å². The maximum absolute atomic E-state index is 14.0. The van der Waals surface area contributed by atoms with E-state index in [9.17, 15) is 17.2 Å². The van der Waals surface area contributed by atoms with Crippen LogP contribution < -0.4 is 4.72 Å². The van der Waals surface area contributed by atoms with E-state index < -0.39 is 38.7 Å². The van der Waals surface area contributed by atoms with Gasteiger partial charge in [0, 0.05) is 11.4 Å². The lowest BCUT2D eigenvalue weighted by atomic mass is 10.2. The number of hydrogen-bond donors (Lipinski definition) is 2. The number of aliphatic hydroxyl groups excluding tert-OH is 1. The fraction of sp³-hybridized carbons (Fsp3) is 0.231. The highest BCUT2D eigenvalue weighted by Crippen LogP contribution is 2.22. The van der Waals surface area contributed by atoms with Crippen molar-refractivity contribution >= 4 is 21.4 Å². The Morgan fingerprint density at radius 3 is 2.57 bits per heavy atom. The molecule has 0 aliphatic carbocycles. The summed E-state index contributed by atoms with van der Waals surface area (Å²) >= 11 is 1.38. The second-order valence-corrected chi connectivity index (χ2v) is 7.08. The minimum atomic E-state index is -4.13. The number of aliphatic hydroxyl groups is 1. The molecule has 1 heterocycles. The Kier molecular flexibility index (Phi) is 4.72. The van der Waals surface area contributed by atoms with E-state index in [1.165, 1.54) is 11.3 Å². The van der Waals surface area contributed by atoms with Gasteiger partial charge < -0.3 is 5.11 Å². The van der Waals surface area contributed by atoms with Gasteiger partial charge in [0.25, 0.3) is 0 Å². The van der Waals surface area contributed by atoms with Crippen LogP contribution in [0.25, 0.3) is 0 Å². The van der Waals surface area contributed by atoms with E-state index in [1.54, 1.807) is 0 Å². The normalized spacial score (nSPS) is 11.8. The molecule has 0 amide bonds. The molecule has 2 rings (SSSR count). The van der Waals surface area contributed by atoms with Gasteiger partial charge in [0.05, 0.1) is 12.2 Å². The minimum absolute atomic E-state index is 0.0249. The second-order valence-electron chi connectivity index (χ2n) is 4.35. The number of thiophene rings is 1. The van der Waals surface area contributed by atoms with Gasteiger partial charge in [-0.3, -0.25) is 0 Å². The zero-order valence-electron chi connectivity index (χ0n) is 11.1. The molecule has 8 heteroatoms. The smallest absolute Gasteiger partial charge is 0.243 e. The Bertz CT molecular complexity index is 757. The average molecular weight is 333 g/mol. The van der Waals surface area contributed by atoms with Crippen molar-refractivity contribution < 1.29 is 22.3 Å². The summed E-state index contributed by atoms with van der Waals surface area (Å²) in [6.07, 6.45) is 0. The third-order valence-corrected chi connectivity index (χ3v) is 5.43. The molecule has 1 aromatic heterocycles. The highest BCUT2D eigenvalue weighted by molar-refractivity contribution is 7.89. The van der Waals surface area contributed by atoms with E-state index in [0.29, 0.717) is 0 Å². The predicted molar refractivity (Wildman–Crippen MR) is 75.4 cm³/mol. The monoisotopic (exact) mass is 333 g/mol. The zero-order chi connectivity index (χ0) is 15.6. The number of nitrogens with one attached hydrogen (secondary N) is 1. The van der Waals surface area contributed by atoms with Crippen LogP contribution in [0.15, 0.2) is 28.5 Å². The average Bonchev–Trinajstić information content (AvgIpc) is 2.82. The molecule has 0 spiro atoms. The van der Waals surface area contributed by atoms with Crippen LogP contribution in [0.3, 0.4) is 0 Å². The molecule has 0 saturated carbocycles. The molecular formula is C13H13F2NO3S2. The first kappa shape index (κ1) is 16.0. The molecule has 21 heavy (non-hydrogen) atoms. The summed E-state index contributed by atoms with van der Waals surface area (Å²) in [6, 6.07) is 3.50. The summed E-state index contributed by atoms with van der Waals surface area (Å²) < 4.78 is 53.7. The van der Waals surface area contributed by atoms with Gasteiger partial charge >= 0.3 is 0 Å². The molecular weight excluding hydrogens is 320 g/mol. The van der Waals surface area contributed by atoms with Gasteiger partial charge in [-0.05, 0) is 36.1 Å². The molecule has 2 N–H and O–H groups in total. The van der Waals surface area contributed by atoms with Gasteiger partial charge in [-0.2, -0.15) is 0 Å². The van der Waals surface area contributed by atoms with E-state index in [-0.39, 0.29) is 6.54 Å². The van der Waals surface area contributed by atoms with Crippen molar-refractivity contribution in [3.63, 3.8) is 0 Å². The number of halogens is 2. The summed E-state index contributed by atoms with van der Waals surface area (Å²) in [7, 11) is -4.13.